The minimum Gasteiger partial charge on any atom is -0.388 e. The summed E-state index contributed by atoms with van der Waals surface area (Å²) in [4.78, 5) is 23.1. The van der Waals surface area contributed by atoms with Crippen LogP contribution in [0.3, 0.4) is 0 Å². The van der Waals surface area contributed by atoms with Crippen molar-refractivity contribution in [3.63, 3.8) is 0 Å². The molecule has 2 aliphatic carbocycles. The fourth-order valence-corrected chi connectivity index (χ4v) is 3.16. The summed E-state index contributed by atoms with van der Waals surface area (Å²) in [5.74, 6) is 0.265. The Morgan fingerprint density at radius 2 is 2.00 bits per heavy atom. The molecule has 0 amide bonds. The second-order valence-electron chi connectivity index (χ2n) is 4.61. The third-order valence-electron chi connectivity index (χ3n) is 4.11. The van der Waals surface area contributed by atoms with E-state index in [-0.39, 0.29) is 18.0 Å². The van der Waals surface area contributed by atoms with Crippen molar-refractivity contribution in [1.82, 2.24) is 0 Å². The van der Waals surface area contributed by atoms with Crippen LogP contribution in [0.15, 0.2) is 0 Å². The fraction of sp³-hybridized carbons (Fsp3) is 0.818. The SMILES string of the molecule is CC[C@@]12CCC(=O)C[C@]1(O)CCC2=O. The number of rotatable bonds is 1. The van der Waals surface area contributed by atoms with Gasteiger partial charge in [0.1, 0.15) is 11.6 Å². The largest absolute Gasteiger partial charge is 0.388 e. The lowest BCUT2D eigenvalue weighted by atomic mass is 9.63. The van der Waals surface area contributed by atoms with E-state index in [0.29, 0.717) is 32.1 Å². The van der Waals surface area contributed by atoms with Crippen molar-refractivity contribution in [2.45, 2.75) is 51.0 Å². The molecule has 0 aromatic carbocycles. The minimum absolute atomic E-state index is 0.103. The summed E-state index contributed by atoms with van der Waals surface area (Å²) >= 11 is 0. The summed E-state index contributed by atoms with van der Waals surface area (Å²) in [5, 5.41) is 10.4. The number of aliphatic hydroxyl groups is 1. The first-order valence-electron chi connectivity index (χ1n) is 5.31. The Hall–Kier alpha value is -0.700. The lowest BCUT2D eigenvalue weighted by Gasteiger charge is -2.43. The van der Waals surface area contributed by atoms with Crippen molar-refractivity contribution in [1.29, 1.82) is 0 Å². The number of fused-ring (bicyclic) bond motifs is 1. The summed E-state index contributed by atoms with van der Waals surface area (Å²) in [5.41, 5.74) is -1.62. The van der Waals surface area contributed by atoms with Crippen LogP contribution < -0.4 is 0 Å². The number of hydrogen-bond acceptors (Lipinski definition) is 3. The van der Waals surface area contributed by atoms with Gasteiger partial charge in [0.05, 0.1) is 11.0 Å². The monoisotopic (exact) mass is 196 g/mol. The van der Waals surface area contributed by atoms with Crippen LogP contribution >= 0.6 is 0 Å². The second kappa shape index (κ2) is 2.89. The molecular weight excluding hydrogens is 180 g/mol. The molecule has 0 radical (unpaired) electrons. The van der Waals surface area contributed by atoms with E-state index < -0.39 is 11.0 Å². The van der Waals surface area contributed by atoms with Crippen molar-refractivity contribution in [3.8, 4) is 0 Å². The molecule has 3 nitrogen and oxygen atoms in total. The van der Waals surface area contributed by atoms with Gasteiger partial charge in [0.25, 0.3) is 0 Å². The highest BCUT2D eigenvalue weighted by Crippen LogP contribution is 2.53. The molecule has 2 fully saturated rings. The van der Waals surface area contributed by atoms with Crippen LogP contribution in [-0.2, 0) is 9.59 Å². The molecule has 1 N–H and O–H groups in total. The fourth-order valence-electron chi connectivity index (χ4n) is 3.16. The Labute approximate surface area is 83.5 Å². The topological polar surface area (TPSA) is 54.4 Å². The molecular formula is C11H16O3. The van der Waals surface area contributed by atoms with Crippen LogP contribution in [0.2, 0.25) is 0 Å². The zero-order chi connectivity index (χ0) is 10.4. The highest BCUT2D eigenvalue weighted by Gasteiger charge is 2.60. The van der Waals surface area contributed by atoms with Crippen molar-refractivity contribution >= 4 is 11.6 Å². The van der Waals surface area contributed by atoms with Crippen molar-refractivity contribution in [2.75, 3.05) is 0 Å². The van der Waals surface area contributed by atoms with Gasteiger partial charge in [-0.1, -0.05) is 6.92 Å². The van der Waals surface area contributed by atoms with Gasteiger partial charge in [-0.05, 0) is 19.3 Å². The maximum atomic E-state index is 11.8. The van der Waals surface area contributed by atoms with Crippen LogP contribution in [0.25, 0.3) is 0 Å². The first-order valence-corrected chi connectivity index (χ1v) is 5.31. The summed E-state index contributed by atoms with van der Waals surface area (Å²) in [6.07, 6.45) is 2.78. The highest BCUT2D eigenvalue weighted by atomic mass is 16.3. The van der Waals surface area contributed by atoms with Gasteiger partial charge in [0.2, 0.25) is 0 Å². The van der Waals surface area contributed by atoms with E-state index in [1.54, 1.807) is 0 Å². The average molecular weight is 196 g/mol. The maximum absolute atomic E-state index is 11.8. The molecule has 0 saturated heterocycles. The summed E-state index contributed by atoms with van der Waals surface area (Å²) in [6, 6.07) is 0. The summed E-state index contributed by atoms with van der Waals surface area (Å²) < 4.78 is 0. The standard InChI is InChI=1S/C11H16O3/c1-2-10-5-3-8(12)7-11(10,14)6-4-9(10)13/h14H,2-7H2,1H3/t10-,11+/m0/s1. The molecule has 2 saturated carbocycles. The molecule has 2 rings (SSSR count). The van der Waals surface area contributed by atoms with Gasteiger partial charge in [-0.2, -0.15) is 0 Å². The van der Waals surface area contributed by atoms with Gasteiger partial charge >= 0.3 is 0 Å². The van der Waals surface area contributed by atoms with Crippen LogP contribution in [-0.4, -0.2) is 22.3 Å². The molecule has 0 heterocycles. The molecule has 0 unspecified atom stereocenters. The number of carbonyl (C=O) groups excluding carboxylic acids is 2. The van der Waals surface area contributed by atoms with E-state index in [9.17, 15) is 14.7 Å². The van der Waals surface area contributed by atoms with E-state index >= 15 is 0 Å². The average Bonchev–Trinajstić information content (AvgIpc) is 2.39. The molecule has 0 spiro atoms. The van der Waals surface area contributed by atoms with E-state index in [0.717, 1.165) is 0 Å². The van der Waals surface area contributed by atoms with Crippen LogP contribution in [0.5, 0.6) is 0 Å². The van der Waals surface area contributed by atoms with Gasteiger partial charge in [-0.15, -0.1) is 0 Å². The lowest BCUT2D eigenvalue weighted by molar-refractivity contribution is -0.151. The molecule has 2 atom stereocenters. The number of carbonyl (C=O) groups is 2. The second-order valence-corrected chi connectivity index (χ2v) is 4.61. The third-order valence-corrected chi connectivity index (χ3v) is 4.11. The van der Waals surface area contributed by atoms with Gasteiger partial charge in [0.15, 0.2) is 0 Å². The smallest absolute Gasteiger partial charge is 0.142 e. The molecule has 2 aliphatic rings. The molecule has 0 bridgehead atoms. The van der Waals surface area contributed by atoms with Crippen molar-refractivity contribution in [2.24, 2.45) is 5.41 Å². The predicted molar refractivity (Wildman–Crippen MR) is 50.8 cm³/mol. The van der Waals surface area contributed by atoms with Crippen LogP contribution in [0, 0.1) is 5.41 Å². The first kappa shape index (κ1) is 9.84. The molecule has 0 aromatic heterocycles. The number of ketones is 2. The van der Waals surface area contributed by atoms with E-state index in [4.69, 9.17) is 0 Å². The minimum atomic E-state index is -1.02. The first-order chi connectivity index (χ1) is 6.54. The molecule has 0 aliphatic heterocycles. The molecule has 0 aromatic rings. The van der Waals surface area contributed by atoms with Crippen LogP contribution in [0.4, 0.5) is 0 Å². The molecule has 3 heteroatoms. The molecule has 14 heavy (non-hydrogen) atoms. The lowest BCUT2D eigenvalue weighted by Crippen LogP contribution is -2.51. The van der Waals surface area contributed by atoms with Gasteiger partial charge < -0.3 is 5.11 Å². The maximum Gasteiger partial charge on any atom is 0.142 e. The Morgan fingerprint density at radius 3 is 2.64 bits per heavy atom. The predicted octanol–water partition coefficient (Wildman–Crippen LogP) is 1.23. The summed E-state index contributed by atoms with van der Waals surface area (Å²) in [6.45, 7) is 1.93. The summed E-state index contributed by atoms with van der Waals surface area (Å²) in [7, 11) is 0. The quantitative estimate of drug-likeness (QED) is 0.686. The van der Waals surface area contributed by atoms with E-state index in [2.05, 4.69) is 0 Å². The Morgan fingerprint density at radius 1 is 1.29 bits per heavy atom. The van der Waals surface area contributed by atoms with Gasteiger partial charge in [-0.3, -0.25) is 9.59 Å². The number of hydrogen-bond donors (Lipinski definition) is 1. The van der Waals surface area contributed by atoms with Gasteiger partial charge in [-0.25, -0.2) is 0 Å². The van der Waals surface area contributed by atoms with E-state index in [1.165, 1.54) is 0 Å². The Bertz CT molecular complexity index is 297. The molecule has 78 valence electrons. The zero-order valence-corrected chi connectivity index (χ0v) is 8.51. The highest BCUT2D eigenvalue weighted by molar-refractivity contribution is 5.93. The van der Waals surface area contributed by atoms with Crippen LogP contribution in [0.1, 0.15) is 45.4 Å². The normalized spacial score (nSPS) is 42.7. The Kier molecular flexibility index (Phi) is 2.03. The number of Topliss-reactive ketones (excluding diaryl/α,β-unsaturated/α-hetero) is 2. The van der Waals surface area contributed by atoms with E-state index in [1.807, 2.05) is 6.92 Å². The zero-order valence-electron chi connectivity index (χ0n) is 8.51. The van der Waals surface area contributed by atoms with Crippen molar-refractivity contribution in [3.05, 3.63) is 0 Å². The Balaban J connectivity index is 2.40. The third kappa shape index (κ3) is 1.02. The van der Waals surface area contributed by atoms with Gasteiger partial charge in [0, 0.05) is 19.3 Å². The van der Waals surface area contributed by atoms with Crippen molar-refractivity contribution < 1.29 is 14.7 Å².